The first-order chi connectivity index (χ1) is 13.1. The second-order valence-corrected chi connectivity index (χ2v) is 6.45. The molecule has 5 nitrogen and oxygen atoms in total. The molecular formula is C21H19ClO5. The Labute approximate surface area is 162 Å². The van der Waals surface area contributed by atoms with Crippen LogP contribution in [0.4, 0.5) is 0 Å². The van der Waals surface area contributed by atoms with E-state index in [9.17, 15) is 4.79 Å². The van der Waals surface area contributed by atoms with Crippen molar-refractivity contribution >= 4 is 17.6 Å². The zero-order chi connectivity index (χ0) is 19.2. The maximum Gasteiger partial charge on any atom is 0.304 e. The van der Waals surface area contributed by atoms with Crippen LogP contribution in [0, 0.1) is 11.8 Å². The van der Waals surface area contributed by atoms with E-state index in [1.54, 1.807) is 25.1 Å². The SMILES string of the molecule is CC#CC(CC(=O)O)c1ccc(OC[C@H]2COc3cccc(Cl)c3O2)cc1. The van der Waals surface area contributed by atoms with Crippen LogP contribution in [-0.2, 0) is 4.79 Å². The van der Waals surface area contributed by atoms with Gasteiger partial charge in [-0.2, -0.15) is 0 Å². The number of para-hydroxylation sites is 1. The highest BCUT2D eigenvalue weighted by atomic mass is 35.5. The third-order valence-electron chi connectivity index (χ3n) is 4.06. The molecule has 140 valence electrons. The molecule has 3 rings (SSSR count). The average molecular weight is 387 g/mol. The van der Waals surface area contributed by atoms with Crippen molar-refractivity contribution in [1.29, 1.82) is 0 Å². The zero-order valence-corrected chi connectivity index (χ0v) is 15.5. The van der Waals surface area contributed by atoms with Crippen LogP contribution in [0.15, 0.2) is 42.5 Å². The molecule has 0 amide bonds. The lowest BCUT2D eigenvalue weighted by molar-refractivity contribution is -0.137. The van der Waals surface area contributed by atoms with E-state index in [4.69, 9.17) is 30.9 Å². The van der Waals surface area contributed by atoms with Gasteiger partial charge in [-0.05, 0) is 36.8 Å². The molecular weight excluding hydrogens is 368 g/mol. The van der Waals surface area contributed by atoms with Crippen LogP contribution in [-0.4, -0.2) is 30.4 Å². The normalized spacial score (nSPS) is 16.0. The fourth-order valence-electron chi connectivity index (χ4n) is 2.77. The van der Waals surface area contributed by atoms with Crippen molar-refractivity contribution in [2.75, 3.05) is 13.2 Å². The van der Waals surface area contributed by atoms with E-state index in [2.05, 4.69) is 11.8 Å². The van der Waals surface area contributed by atoms with E-state index >= 15 is 0 Å². The highest BCUT2D eigenvalue weighted by molar-refractivity contribution is 6.32. The Morgan fingerprint density at radius 2 is 2.11 bits per heavy atom. The fraction of sp³-hybridized carbons (Fsp3) is 0.286. The Morgan fingerprint density at radius 1 is 1.33 bits per heavy atom. The summed E-state index contributed by atoms with van der Waals surface area (Å²) in [5.74, 6) is 6.31. The van der Waals surface area contributed by atoms with Gasteiger partial charge in [-0.15, -0.1) is 5.92 Å². The fourth-order valence-corrected chi connectivity index (χ4v) is 2.98. The van der Waals surface area contributed by atoms with Gasteiger partial charge >= 0.3 is 5.97 Å². The molecule has 2 aromatic carbocycles. The number of carboxylic acid groups (broad SMARTS) is 1. The van der Waals surface area contributed by atoms with Crippen LogP contribution in [0.1, 0.15) is 24.8 Å². The maximum atomic E-state index is 11.0. The first kappa shape index (κ1) is 18.9. The largest absolute Gasteiger partial charge is 0.490 e. The number of ether oxygens (including phenoxy) is 3. The highest BCUT2D eigenvalue weighted by Gasteiger charge is 2.23. The number of hydrogen-bond donors (Lipinski definition) is 1. The van der Waals surface area contributed by atoms with Gasteiger partial charge in [0.05, 0.1) is 17.4 Å². The predicted molar refractivity (Wildman–Crippen MR) is 102 cm³/mol. The lowest BCUT2D eigenvalue weighted by Crippen LogP contribution is -2.34. The molecule has 27 heavy (non-hydrogen) atoms. The van der Waals surface area contributed by atoms with E-state index in [0.29, 0.717) is 35.5 Å². The van der Waals surface area contributed by atoms with Crippen molar-refractivity contribution < 1.29 is 24.1 Å². The van der Waals surface area contributed by atoms with Crippen LogP contribution in [0.2, 0.25) is 5.02 Å². The molecule has 1 heterocycles. The molecule has 0 fully saturated rings. The van der Waals surface area contributed by atoms with Crippen LogP contribution < -0.4 is 14.2 Å². The summed E-state index contributed by atoms with van der Waals surface area (Å²) in [6.07, 6.45) is -0.308. The molecule has 1 unspecified atom stereocenters. The summed E-state index contributed by atoms with van der Waals surface area (Å²) in [6, 6.07) is 12.6. The molecule has 0 spiro atoms. The maximum absolute atomic E-state index is 11.0. The summed E-state index contributed by atoms with van der Waals surface area (Å²) in [6.45, 7) is 2.37. The monoisotopic (exact) mass is 386 g/mol. The third kappa shape index (κ3) is 4.87. The van der Waals surface area contributed by atoms with Gasteiger partial charge in [0.25, 0.3) is 0 Å². The summed E-state index contributed by atoms with van der Waals surface area (Å²) in [4.78, 5) is 11.0. The lowest BCUT2D eigenvalue weighted by Gasteiger charge is -2.27. The molecule has 0 saturated heterocycles. The third-order valence-corrected chi connectivity index (χ3v) is 4.35. The number of hydrogen-bond acceptors (Lipinski definition) is 4. The topological polar surface area (TPSA) is 65.0 Å². The van der Waals surface area contributed by atoms with Gasteiger partial charge in [0, 0.05) is 0 Å². The second-order valence-electron chi connectivity index (χ2n) is 6.04. The minimum atomic E-state index is -0.878. The minimum absolute atomic E-state index is 0.0333. The standard InChI is InChI=1S/C21H19ClO5/c1-2-4-15(11-20(23)24)14-7-9-16(10-8-14)25-12-17-13-26-19-6-3-5-18(22)21(19)27-17/h3,5-10,15,17H,11-13H2,1H3,(H,23,24)/t15?,17-/m0/s1. The summed E-state index contributed by atoms with van der Waals surface area (Å²) in [5.41, 5.74) is 0.844. The van der Waals surface area contributed by atoms with Gasteiger partial charge in [0.2, 0.25) is 0 Å². The lowest BCUT2D eigenvalue weighted by atomic mass is 9.96. The first-order valence-electron chi connectivity index (χ1n) is 8.51. The predicted octanol–water partition coefficient (Wildman–Crippen LogP) is 4.14. The zero-order valence-electron chi connectivity index (χ0n) is 14.8. The minimum Gasteiger partial charge on any atom is -0.490 e. The first-order valence-corrected chi connectivity index (χ1v) is 8.89. The van der Waals surface area contributed by atoms with E-state index in [1.165, 1.54) is 0 Å². The summed E-state index contributed by atoms with van der Waals surface area (Å²) < 4.78 is 17.3. The summed E-state index contributed by atoms with van der Waals surface area (Å²) >= 11 is 6.13. The van der Waals surface area contributed by atoms with Gasteiger partial charge in [-0.1, -0.05) is 35.7 Å². The molecule has 0 aliphatic carbocycles. The molecule has 1 aliphatic heterocycles. The van der Waals surface area contributed by atoms with E-state index in [-0.39, 0.29) is 18.4 Å². The van der Waals surface area contributed by atoms with Crippen molar-refractivity contribution in [3.8, 4) is 29.1 Å². The average Bonchev–Trinajstić information content (AvgIpc) is 2.67. The van der Waals surface area contributed by atoms with Crippen molar-refractivity contribution in [2.45, 2.75) is 25.4 Å². The second kappa shape index (κ2) is 8.70. The highest BCUT2D eigenvalue weighted by Crippen LogP contribution is 2.38. The smallest absolute Gasteiger partial charge is 0.304 e. The van der Waals surface area contributed by atoms with Crippen LogP contribution >= 0.6 is 11.6 Å². The van der Waals surface area contributed by atoms with E-state index < -0.39 is 5.97 Å². The number of rotatable bonds is 6. The Morgan fingerprint density at radius 3 is 2.81 bits per heavy atom. The van der Waals surface area contributed by atoms with Gasteiger partial charge in [-0.3, -0.25) is 4.79 Å². The molecule has 6 heteroatoms. The molecule has 0 saturated carbocycles. The Kier molecular flexibility index (Phi) is 6.10. The molecule has 1 N–H and O–H groups in total. The Bertz CT molecular complexity index is 866. The molecule has 0 bridgehead atoms. The quantitative estimate of drug-likeness (QED) is 0.756. The molecule has 0 radical (unpaired) electrons. The van der Waals surface area contributed by atoms with Crippen LogP contribution in [0.5, 0.6) is 17.2 Å². The van der Waals surface area contributed by atoms with E-state index in [0.717, 1.165) is 5.56 Å². The van der Waals surface area contributed by atoms with Crippen LogP contribution in [0.3, 0.4) is 0 Å². The molecule has 0 aromatic heterocycles. The van der Waals surface area contributed by atoms with Gasteiger partial charge in [-0.25, -0.2) is 0 Å². The summed E-state index contributed by atoms with van der Waals surface area (Å²) in [7, 11) is 0. The Hall–Kier alpha value is -2.84. The van der Waals surface area contributed by atoms with Crippen molar-refractivity contribution in [3.05, 3.63) is 53.1 Å². The number of fused-ring (bicyclic) bond motifs is 1. The Balaban J connectivity index is 1.60. The van der Waals surface area contributed by atoms with Crippen molar-refractivity contribution in [2.24, 2.45) is 0 Å². The van der Waals surface area contributed by atoms with Gasteiger partial charge in [0.15, 0.2) is 17.6 Å². The van der Waals surface area contributed by atoms with Crippen LogP contribution in [0.25, 0.3) is 0 Å². The van der Waals surface area contributed by atoms with E-state index in [1.807, 2.05) is 24.3 Å². The van der Waals surface area contributed by atoms with Crippen molar-refractivity contribution in [1.82, 2.24) is 0 Å². The summed E-state index contributed by atoms with van der Waals surface area (Å²) in [5, 5.41) is 9.52. The molecule has 2 atom stereocenters. The van der Waals surface area contributed by atoms with Gasteiger partial charge < -0.3 is 19.3 Å². The number of carbonyl (C=O) groups is 1. The number of benzene rings is 2. The number of aliphatic carboxylic acids is 1. The molecule has 1 aliphatic rings. The van der Waals surface area contributed by atoms with Crippen molar-refractivity contribution in [3.63, 3.8) is 0 Å². The number of carboxylic acids is 1. The number of halogens is 1. The molecule has 2 aromatic rings. The van der Waals surface area contributed by atoms with Gasteiger partial charge in [0.1, 0.15) is 19.0 Å².